The number of alkyl halides is 1. The lowest BCUT2D eigenvalue weighted by Gasteiger charge is -2.32. The summed E-state index contributed by atoms with van der Waals surface area (Å²) in [5, 5.41) is 0. The fourth-order valence-corrected chi connectivity index (χ4v) is 5.18. The van der Waals surface area contributed by atoms with Crippen LogP contribution in [-0.4, -0.2) is 0 Å². The van der Waals surface area contributed by atoms with Gasteiger partial charge in [0.1, 0.15) is 0 Å². The Morgan fingerprint density at radius 3 is 2.50 bits per heavy atom. The van der Waals surface area contributed by atoms with Crippen LogP contribution in [0.4, 0.5) is 0 Å². The van der Waals surface area contributed by atoms with Gasteiger partial charge in [-0.1, -0.05) is 42.6 Å². The van der Waals surface area contributed by atoms with Crippen molar-refractivity contribution in [2.24, 2.45) is 5.41 Å². The quantitative estimate of drug-likeness (QED) is 0.624. The van der Waals surface area contributed by atoms with E-state index in [1.807, 2.05) is 11.3 Å². The third-order valence-corrected chi connectivity index (χ3v) is 7.18. The highest BCUT2D eigenvalue weighted by atomic mass is 79.9. The Hall–Kier alpha value is 0.180. The molecule has 0 bridgehead atoms. The molecule has 0 saturated heterocycles. The molecular weight excluding hydrogens is 280 g/mol. The molecule has 90 valence electrons. The highest BCUT2D eigenvalue weighted by Gasteiger charge is 2.39. The van der Waals surface area contributed by atoms with Gasteiger partial charge in [0.15, 0.2) is 0 Å². The van der Waals surface area contributed by atoms with Crippen LogP contribution >= 0.6 is 27.3 Å². The van der Waals surface area contributed by atoms with Crippen molar-refractivity contribution < 1.29 is 0 Å². The SMILES string of the molecule is CCc1ccc(C(Br)C2(CC)CCCC2)s1. The summed E-state index contributed by atoms with van der Waals surface area (Å²) >= 11 is 5.98. The van der Waals surface area contributed by atoms with Crippen LogP contribution in [0.5, 0.6) is 0 Å². The molecule has 1 unspecified atom stereocenters. The normalized spacial score (nSPS) is 21.2. The van der Waals surface area contributed by atoms with Gasteiger partial charge in [0, 0.05) is 9.75 Å². The largest absolute Gasteiger partial charge is 0.144 e. The Labute approximate surface area is 112 Å². The highest BCUT2D eigenvalue weighted by molar-refractivity contribution is 9.09. The second kappa shape index (κ2) is 5.22. The number of hydrogen-bond donors (Lipinski definition) is 0. The molecule has 2 rings (SSSR count). The Morgan fingerprint density at radius 1 is 1.31 bits per heavy atom. The van der Waals surface area contributed by atoms with Gasteiger partial charge >= 0.3 is 0 Å². The molecule has 0 amide bonds. The van der Waals surface area contributed by atoms with Crippen molar-refractivity contribution in [2.75, 3.05) is 0 Å². The van der Waals surface area contributed by atoms with Crippen molar-refractivity contribution in [1.29, 1.82) is 0 Å². The van der Waals surface area contributed by atoms with Gasteiger partial charge in [-0.25, -0.2) is 0 Å². The van der Waals surface area contributed by atoms with E-state index in [1.165, 1.54) is 43.4 Å². The summed E-state index contributed by atoms with van der Waals surface area (Å²) in [6, 6.07) is 4.63. The molecule has 1 atom stereocenters. The van der Waals surface area contributed by atoms with Crippen LogP contribution in [0.25, 0.3) is 0 Å². The summed E-state index contributed by atoms with van der Waals surface area (Å²) in [6.07, 6.45) is 8.12. The molecule has 0 aliphatic heterocycles. The Kier molecular flexibility index (Phi) is 4.12. The third kappa shape index (κ3) is 2.24. The van der Waals surface area contributed by atoms with Crippen LogP contribution in [0.15, 0.2) is 12.1 Å². The van der Waals surface area contributed by atoms with Gasteiger partial charge < -0.3 is 0 Å². The van der Waals surface area contributed by atoms with Crippen LogP contribution in [0.1, 0.15) is 60.5 Å². The molecule has 0 spiro atoms. The molecule has 0 radical (unpaired) electrons. The van der Waals surface area contributed by atoms with Crippen LogP contribution in [0, 0.1) is 5.41 Å². The number of hydrogen-bond acceptors (Lipinski definition) is 1. The molecule has 0 nitrogen and oxygen atoms in total. The van der Waals surface area contributed by atoms with Gasteiger partial charge in [-0.2, -0.15) is 0 Å². The minimum Gasteiger partial charge on any atom is -0.144 e. The molecule has 1 fully saturated rings. The average molecular weight is 301 g/mol. The Bertz CT molecular complexity index is 336. The van der Waals surface area contributed by atoms with Gasteiger partial charge in [0.2, 0.25) is 0 Å². The molecule has 1 aliphatic rings. The maximum absolute atomic E-state index is 3.98. The molecule has 0 aromatic carbocycles. The number of thiophene rings is 1. The lowest BCUT2D eigenvalue weighted by atomic mass is 9.79. The van der Waals surface area contributed by atoms with E-state index < -0.39 is 0 Å². The molecule has 1 aromatic heterocycles. The summed E-state index contributed by atoms with van der Waals surface area (Å²) < 4.78 is 0. The van der Waals surface area contributed by atoms with Crippen molar-refractivity contribution in [3.63, 3.8) is 0 Å². The monoisotopic (exact) mass is 300 g/mol. The van der Waals surface area contributed by atoms with Gasteiger partial charge in [0.25, 0.3) is 0 Å². The lowest BCUT2D eigenvalue weighted by Crippen LogP contribution is -2.20. The zero-order valence-electron chi connectivity index (χ0n) is 10.3. The van der Waals surface area contributed by atoms with Gasteiger partial charge in [-0.05, 0) is 43.2 Å². The van der Waals surface area contributed by atoms with E-state index in [0.29, 0.717) is 10.2 Å². The first-order valence-corrected chi connectivity index (χ1v) is 8.18. The van der Waals surface area contributed by atoms with E-state index in [4.69, 9.17) is 0 Å². The summed E-state index contributed by atoms with van der Waals surface area (Å²) in [7, 11) is 0. The smallest absolute Gasteiger partial charge is 0.0545 e. The Morgan fingerprint density at radius 2 is 2.00 bits per heavy atom. The van der Waals surface area contributed by atoms with Crippen molar-refractivity contribution in [1.82, 2.24) is 0 Å². The van der Waals surface area contributed by atoms with Crippen molar-refractivity contribution in [3.8, 4) is 0 Å². The maximum Gasteiger partial charge on any atom is 0.0545 e. The minimum absolute atomic E-state index is 0.538. The molecule has 0 N–H and O–H groups in total. The van der Waals surface area contributed by atoms with Crippen molar-refractivity contribution in [3.05, 3.63) is 21.9 Å². The van der Waals surface area contributed by atoms with Crippen molar-refractivity contribution >= 4 is 27.3 Å². The predicted octanol–water partition coefficient (Wildman–Crippen LogP) is 5.72. The molecule has 1 heterocycles. The maximum atomic E-state index is 3.98. The van der Waals surface area contributed by atoms with Crippen LogP contribution in [0.3, 0.4) is 0 Å². The lowest BCUT2D eigenvalue weighted by molar-refractivity contribution is 0.281. The highest BCUT2D eigenvalue weighted by Crippen LogP contribution is 2.55. The van der Waals surface area contributed by atoms with E-state index in [-0.39, 0.29) is 0 Å². The molecule has 1 aromatic rings. The first-order valence-electron chi connectivity index (χ1n) is 6.44. The fourth-order valence-electron chi connectivity index (χ4n) is 2.89. The van der Waals surface area contributed by atoms with E-state index in [0.717, 1.165) is 0 Å². The molecule has 2 heteroatoms. The van der Waals surface area contributed by atoms with E-state index in [9.17, 15) is 0 Å². The summed E-state index contributed by atoms with van der Waals surface area (Å²) in [5.41, 5.74) is 0.538. The number of halogens is 1. The average Bonchev–Trinajstić information content (AvgIpc) is 2.98. The van der Waals surface area contributed by atoms with E-state index in [2.05, 4.69) is 41.9 Å². The Balaban J connectivity index is 2.19. The summed E-state index contributed by atoms with van der Waals surface area (Å²) in [6.45, 7) is 4.60. The molecule has 16 heavy (non-hydrogen) atoms. The molecular formula is C14H21BrS. The van der Waals surface area contributed by atoms with Crippen molar-refractivity contribution in [2.45, 2.75) is 57.2 Å². The second-order valence-corrected chi connectivity index (χ2v) is 7.06. The first-order chi connectivity index (χ1) is 7.72. The first kappa shape index (κ1) is 12.6. The van der Waals surface area contributed by atoms with E-state index >= 15 is 0 Å². The standard InChI is InChI=1S/C14H21BrS/c1-3-11-7-8-12(16-11)13(15)14(4-2)9-5-6-10-14/h7-8,13H,3-6,9-10H2,1-2H3. The zero-order chi connectivity index (χ0) is 11.6. The molecule has 1 saturated carbocycles. The van der Waals surface area contributed by atoms with Crippen LogP contribution in [-0.2, 0) is 6.42 Å². The topological polar surface area (TPSA) is 0 Å². The van der Waals surface area contributed by atoms with Gasteiger partial charge in [-0.3, -0.25) is 0 Å². The fraction of sp³-hybridized carbons (Fsp3) is 0.714. The second-order valence-electron chi connectivity index (χ2n) is 4.94. The van der Waals surface area contributed by atoms with Gasteiger partial charge in [0.05, 0.1) is 4.83 Å². The molecule has 1 aliphatic carbocycles. The minimum atomic E-state index is 0.538. The van der Waals surface area contributed by atoms with Gasteiger partial charge in [-0.15, -0.1) is 11.3 Å². The number of aryl methyl sites for hydroxylation is 1. The number of rotatable bonds is 4. The summed E-state index contributed by atoms with van der Waals surface area (Å²) in [5.74, 6) is 0. The predicted molar refractivity (Wildman–Crippen MR) is 76.6 cm³/mol. The third-order valence-electron chi connectivity index (χ3n) is 4.12. The summed E-state index contributed by atoms with van der Waals surface area (Å²) in [4.78, 5) is 3.64. The van der Waals surface area contributed by atoms with Crippen LogP contribution < -0.4 is 0 Å². The van der Waals surface area contributed by atoms with E-state index in [1.54, 1.807) is 4.88 Å². The van der Waals surface area contributed by atoms with Crippen LogP contribution in [0.2, 0.25) is 0 Å². The zero-order valence-corrected chi connectivity index (χ0v) is 12.7.